The molecule has 0 bridgehead atoms. The Hall–Kier alpha value is -2.18. The smallest absolute Gasteiger partial charge is 0.296 e. The van der Waals surface area contributed by atoms with E-state index < -0.39 is 11.9 Å². The molecule has 0 atom stereocenters. The first-order valence-electron chi connectivity index (χ1n) is 5.00. The van der Waals surface area contributed by atoms with E-state index in [1.165, 1.54) is 16.8 Å². The van der Waals surface area contributed by atoms with E-state index in [1.54, 1.807) is 6.20 Å². The SMILES string of the molecule is O=Cc1ccn(Cc2ccc(C(F)(F)F)nc2)n1. The van der Waals surface area contributed by atoms with Gasteiger partial charge in [-0.3, -0.25) is 14.5 Å². The number of rotatable bonds is 3. The Bertz CT molecular complexity index is 545. The fourth-order valence-corrected chi connectivity index (χ4v) is 1.40. The van der Waals surface area contributed by atoms with Gasteiger partial charge in [-0.15, -0.1) is 0 Å². The van der Waals surface area contributed by atoms with E-state index in [0.29, 0.717) is 11.8 Å². The maximum Gasteiger partial charge on any atom is 0.433 e. The Labute approximate surface area is 100 Å². The fourth-order valence-electron chi connectivity index (χ4n) is 1.40. The lowest BCUT2D eigenvalue weighted by molar-refractivity contribution is -0.141. The van der Waals surface area contributed by atoms with Crippen LogP contribution in [0.15, 0.2) is 30.6 Å². The zero-order valence-corrected chi connectivity index (χ0v) is 9.05. The van der Waals surface area contributed by atoms with Gasteiger partial charge in [-0.2, -0.15) is 18.3 Å². The highest BCUT2D eigenvalue weighted by Gasteiger charge is 2.31. The van der Waals surface area contributed by atoms with E-state index in [0.717, 1.165) is 12.3 Å². The van der Waals surface area contributed by atoms with Crippen molar-refractivity contribution in [3.8, 4) is 0 Å². The second kappa shape index (κ2) is 4.59. The lowest BCUT2D eigenvalue weighted by Gasteiger charge is -2.06. The number of hydrogen-bond acceptors (Lipinski definition) is 3. The molecule has 0 fully saturated rings. The van der Waals surface area contributed by atoms with Crippen LogP contribution in [0, 0.1) is 0 Å². The van der Waals surface area contributed by atoms with Crippen LogP contribution in [0.5, 0.6) is 0 Å². The molecule has 0 radical (unpaired) electrons. The van der Waals surface area contributed by atoms with Gasteiger partial charge in [-0.05, 0) is 17.7 Å². The molecule has 0 aliphatic rings. The van der Waals surface area contributed by atoms with Gasteiger partial charge in [0.2, 0.25) is 0 Å². The first-order valence-corrected chi connectivity index (χ1v) is 5.00. The van der Waals surface area contributed by atoms with Crippen LogP contribution in [0.25, 0.3) is 0 Å². The van der Waals surface area contributed by atoms with Gasteiger partial charge in [-0.1, -0.05) is 6.07 Å². The van der Waals surface area contributed by atoms with E-state index in [2.05, 4.69) is 10.1 Å². The second-order valence-electron chi connectivity index (χ2n) is 3.61. The van der Waals surface area contributed by atoms with Gasteiger partial charge >= 0.3 is 6.18 Å². The van der Waals surface area contributed by atoms with Gasteiger partial charge < -0.3 is 0 Å². The van der Waals surface area contributed by atoms with Crippen molar-refractivity contribution in [2.45, 2.75) is 12.7 Å². The molecular weight excluding hydrogens is 247 g/mol. The Morgan fingerprint density at radius 2 is 2.06 bits per heavy atom. The van der Waals surface area contributed by atoms with Gasteiger partial charge in [0, 0.05) is 12.4 Å². The Morgan fingerprint density at radius 1 is 1.28 bits per heavy atom. The molecule has 0 unspecified atom stereocenters. The summed E-state index contributed by atoms with van der Waals surface area (Å²) in [5.41, 5.74) is -0.0845. The third-order valence-corrected chi connectivity index (χ3v) is 2.24. The average molecular weight is 255 g/mol. The summed E-state index contributed by atoms with van der Waals surface area (Å²) in [7, 11) is 0. The molecule has 0 saturated carbocycles. The molecule has 2 rings (SSSR count). The lowest BCUT2D eigenvalue weighted by atomic mass is 10.2. The highest BCUT2D eigenvalue weighted by atomic mass is 19.4. The molecule has 0 aromatic carbocycles. The third-order valence-electron chi connectivity index (χ3n) is 2.24. The number of pyridine rings is 1. The highest BCUT2D eigenvalue weighted by molar-refractivity contribution is 5.71. The van der Waals surface area contributed by atoms with Crippen molar-refractivity contribution in [1.29, 1.82) is 0 Å². The number of carbonyl (C=O) groups excluding carboxylic acids is 1. The molecular formula is C11H8F3N3O. The maximum atomic E-state index is 12.3. The van der Waals surface area contributed by atoms with Crippen LogP contribution >= 0.6 is 0 Å². The Kier molecular flexibility index (Phi) is 3.14. The topological polar surface area (TPSA) is 47.8 Å². The Balaban J connectivity index is 2.13. The molecule has 4 nitrogen and oxygen atoms in total. The van der Waals surface area contributed by atoms with Gasteiger partial charge in [0.1, 0.15) is 11.4 Å². The molecule has 18 heavy (non-hydrogen) atoms. The molecule has 2 aromatic heterocycles. The predicted octanol–water partition coefficient (Wildman–Crippen LogP) is 2.16. The minimum Gasteiger partial charge on any atom is -0.296 e. The van der Waals surface area contributed by atoms with Crippen LogP contribution in [0.1, 0.15) is 21.7 Å². The van der Waals surface area contributed by atoms with Crippen LogP contribution < -0.4 is 0 Å². The van der Waals surface area contributed by atoms with Crippen molar-refractivity contribution in [2.24, 2.45) is 0 Å². The van der Waals surface area contributed by atoms with Crippen molar-refractivity contribution in [2.75, 3.05) is 0 Å². The molecule has 7 heteroatoms. The summed E-state index contributed by atoms with van der Waals surface area (Å²) in [4.78, 5) is 13.8. The number of halogens is 3. The van der Waals surface area contributed by atoms with E-state index in [9.17, 15) is 18.0 Å². The lowest BCUT2D eigenvalue weighted by Crippen LogP contribution is -2.08. The van der Waals surface area contributed by atoms with Gasteiger partial charge in [0.05, 0.1) is 6.54 Å². The summed E-state index contributed by atoms with van der Waals surface area (Å²) < 4.78 is 38.3. The van der Waals surface area contributed by atoms with Gasteiger partial charge in [-0.25, -0.2) is 0 Å². The molecule has 2 aromatic rings. The standard InChI is InChI=1S/C11H8F3N3O/c12-11(13,14)10-2-1-8(5-15-10)6-17-4-3-9(7-18)16-17/h1-5,7H,6H2. The number of hydrogen-bond donors (Lipinski definition) is 0. The monoisotopic (exact) mass is 255 g/mol. The number of alkyl halides is 3. The molecule has 0 spiro atoms. The van der Waals surface area contributed by atoms with Crippen LogP contribution in [0.2, 0.25) is 0 Å². The largest absolute Gasteiger partial charge is 0.433 e. The summed E-state index contributed by atoms with van der Waals surface area (Å²) in [5, 5.41) is 3.89. The summed E-state index contributed by atoms with van der Waals surface area (Å²) in [6.07, 6.45) is -1.12. The first kappa shape index (κ1) is 12.3. The molecule has 0 aliphatic heterocycles. The van der Waals surface area contributed by atoms with Crippen molar-refractivity contribution in [3.05, 3.63) is 47.5 Å². The van der Waals surface area contributed by atoms with Crippen molar-refractivity contribution in [1.82, 2.24) is 14.8 Å². The normalized spacial score (nSPS) is 11.5. The van der Waals surface area contributed by atoms with Crippen LogP contribution in [-0.2, 0) is 12.7 Å². The minimum atomic E-state index is -4.44. The summed E-state index contributed by atoms with van der Waals surface area (Å²) >= 11 is 0. The van der Waals surface area contributed by atoms with Crippen molar-refractivity contribution in [3.63, 3.8) is 0 Å². The highest BCUT2D eigenvalue weighted by Crippen LogP contribution is 2.27. The molecule has 0 aliphatic carbocycles. The summed E-state index contributed by atoms with van der Waals surface area (Å²) in [6, 6.07) is 3.77. The minimum absolute atomic E-state index is 0.263. The number of nitrogens with zero attached hydrogens (tertiary/aromatic N) is 3. The predicted molar refractivity (Wildman–Crippen MR) is 56.0 cm³/mol. The summed E-state index contributed by atoms with van der Waals surface area (Å²) in [6.45, 7) is 0.263. The molecule has 0 amide bonds. The first-order chi connectivity index (χ1) is 8.49. The quantitative estimate of drug-likeness (QED) is 0.789. The van der Waals surface area contributed by atoms with E-state index in [-0.39, 0.29) is 12.2 Å². The van der Waals surface area contributed by atoms with E-state index in [1.807, 2.05) is 0 Å². The fraction of sp³-hybridized carbons (Fsp3) is 0.182. The average Bonchev–Trinajstić information content (AvgIpc) is 2.76. The van der Waals surface area contributed by atoms with Crippen LogP contribution in [-0.4, -0.2) is 21.1 Å². The number of aldehydes is 1. The zero-order valence-electron chi connectivity index (χ0n) is 9.05. The summed E-state index contributed by atoms with van der Waals surface area (Å²) in [5.74, 6) is 0. The zero-order chi connectivity index (χ0) is 13.2. The van der Waals surface area contributed by atoms with Gasteiger partial charge in [0.15, 0.2) is 6.29 Å². The van der Waals surface area contributed by atoms with Crippen LogP contribution in [0.4, 0.5) is 13.2 Å². The maximum absolute atomic E-state index is 12.3. The van der Waals surface area contributed by atoms with E-state index >= 15 is 0 Å². The Morgan fingerprint density at radius 3 is 2.56 bits per heavy atom. The second-order valence-corrected chi connectivity index (χ2v) is 3.61. The van der Waals surface area contributed by atoms with Crippen molar-refractivity contribution < 1.29 is 18.0 Å². The van der Waals surface area contributed by atoms with Crippen molar-refractivity contribution >= 4 is 6.29 Å². The number of aromatic nitrogens is 3. The molecule has 0 N–H and O–H groups in total. The third kappa shape index (κ3) is 2.73. The van der Waals surface area contributed by atoms with E-state index in [4.69, 9.17) is 0 Å². The number of carbonyl (C=O) groups is 1. The molecule has 94 valence electrons. The van der Waals surface area contributed by atoms with Gasteiger partial charge in [0.25, 0.3) is 0 Å². The molecule has 0 saturated heterocycles. The van der Waals surface area contributed by atoms with Crippen LogP contribution in [0.3, 0.4) is 0 Å². The molecule has 2 heterocycles.